The maximum atomic E-state index is 13.4. The molecule has 152 valence electrons. The normalized spacial score (nSPS) is 12.1. The number of hydrogen-bond acceptors (Lipinski definition) is 2. The first-order chi connectivity index (χ1) is 13.0. The number of anilines is 1. The Kier molecular flexibility index (Phi) is 6.75. The van der Waals surface area contributed by atoms with E-state index in [0.29, 0.717) is 6.42 Å². The molecular formula is C22H26F3NO2. The number of nitrogens with one attached hydrogen (secondary N) is 1. The lowest BCUT2D eigenvalue weighted by atomic mass is 9.84. The van der Waals surface area contributed by atoms with Crippen LogP contribution in [0.2, 0.25) is 0 Å². The number of carbonyl (C=O) groups is 1. The maximum Gasteiger partial charge on any atom is 0.420 e. The minimum Gasteiger partial charge on any atom is -0.493 e. The Labute approximate surface area is 163 Å². The van der Waals surface area contributed by atoms with Gasteiger partial charge in [-0.05, 0) is 36.1 Å². The van der Waals surface area contributed by atoms with Gasteiger partial charge in [0.2, 0.25) is 5.91 Å². The zero-order valence-electron chi connectivity index (χ0n) is 16.6. The second-order valence-electron chi connectivity index (χ2n) is 7.91. The van der Waals surface area contributed by atoms with E-state index in [9.17, 15) is 18.0 Å². The molecule has 0 radical (unpaired) electrons. The molecule has 0 saturated carbocycles. The second-order valence-corrected chi connectivity index (χ2v) is 7.91. The highest BCUT2D eigenvalue weighted by Crippen LogP contribution is 2.38. The van der Waals surface area contributed by atoms with Crippen LogP contribution in [0.5, 0.6) is 5.75 Å². The van der Waals surface area contributed by atoms with E-state index in [1.54, 1.807) is 13.8 Å². The Bertz CT molecular complexity index is 799. The van der Waals surface area contributed by atoms with Gasteiger partial charge >= 0.3 is 6.18 Å². The van der Waals surface area contributed by atoms with E-state index >= 15 is 0 Å². The van der Waals surface area contributed by atoms with Gasteiger partial charge in [0.15, 0.2) is 0 Å². The zero-order chi connectivity index (χ0) is 20.9. The van der Waals surface area contributed by atoms with Gasteiger partial charge in [-0.25, -0.2) is 0 Å². The van der Waals surface area contributed by atoms with Crippen molar-refractivity contribution in [3.63, 3.8) is 0 Å². The number of alkyl halides is 3. The Morgan fingerprint density at radius 1 is 1.07 bits per heavy atom. The van der Waals surface area contributed by atoms with Crippen LogP contribution in [0.25, 0.3) is 0 Å². The van der Waals surface area contributed by atoms with E-state index in [0.717, 1.165) is 11.6 Å². The maximum absolute atomic E-state index is 13.4. The Hall–Kier alpha value is -2.50. The number of benzene rings is 2. The summed E-state index contributed by atoms with van der Waals surface area (Å²) in [7, 11) is 0. The summed E-state index contributed by atoms with van der Waals surface area (Å²) in [5.74, 6) is -0.484. The van der Waals surface area contributed by atoms with Gasteiger partial charge < -0.3 is 10.1 Å². The molecule has 0 bridgehead atoms. The fourth-order valence-corrected chi connectivity index (χ4v) is 2.70. The van der Waals surface area contributed by atoms with Gasteiger partial charge in [0.05, 0.1) is 12.2 Å². The van der Waals surface area contributed by atoms with E-state index in [2.05, 4.69) is 5.32 Å². The summed E-state index contributed by atoms with van der Waals surface area (Å²) in [4.78, 5) is 12.7. The van der Waals surface area contributed by atoms with E-state index < -0.39 is 17.2 Å². The lowest BCUT2D eigenvalue weighted by Gasteiger charge is -2.24. The second kappa shape index (κ2) is 8.67. The van der Waals surface area contributed by atoms with Crippen LogP contribution in [0.3, 0.4) is 0 Å². The third kappa shape index (κ3) is 6.01. The van der Waals surface area contributed by atoms with Crippen LogP contribution < -0.4 is 10.1 Å². The molecule has 0 heterocycles. The Morgan fingerprint density at radius 2 is 1.71 bits per heavy atom. The van der Waals surface area contributed by atoms with Gasteiger partial charge in [-0.3, -0.25) is 4.79 Å². The van der Waals surface area contributed by atoms with Crippen LogP contribution in [0.15, 0.2) is 48.5 Å². The van der Waals surface area contributed by atoms with Crippen LogP contribution in [-0.2, 0) is 17.4 Å². The first-order valence-electron chi connectivity index (χ1n) is 9.18. The van der Waals surface area contributed by atoms with Crippen LogP contribution in [0.1, 0.15) is 38.8 Å². The minimum atomic E-state index is -4.58. The van der Waals surface area contributed by atoms with Crippen molar-refractivity contribution in [2.75, 3.05) is 11.9 Å². The van der Waals surface area contributed by atoms with Crippen molar-refractivity contribution < 1.29 is 22.7 Å². The summed E-state index contributed by atoms with van der Waals surface area (Å²) in [6.07, 6.45) is -4.10. The van der Waals surface area contributed by atoms with Gasteiger partial charge in [-0.2, -0.15) is 13.2 Å². The molecule has 0 unspecified atom stereocenters. The molecule has 2 aromatic carbocycles. The first-order valence-corrected chi connectivity index (χ1v) is 9.18. The highest BCUT2D eigenvalue weighted by Gasteiger charge is 2.35. The van der Waals surface area contributed by atoms with E-state index in [1.807, 2.05) is 44.2 Å². The number of ether oxygens (including phenoxy) is 1. The van der Waals surface area contributed by atoms with Crippen LogP contribution in [0, 0.1) is 11.3 Å². The highest BCUT2D eigenvalue weighted by molar-refractivity contribution is 5.95. The van der Waals surface area contributed by atoms with Crippen molar-refractivity contribution in [3.8, 4) is 5.75 Å². The third-order valence-electron chi connectivity index (χ3n) is 4.22. The molecule has 0 saturated heterocycles. The molecule has 0 aliphatic carbocycles. The summed E-state index contributed by atoms with van der Waals surface area (Å²) in [6.45, 7) is 7.42. The molecule has 0 aromatic heterocycles. The minimum absolute atomic E-state index is 0.0929. The Morgan fingerprint density at radius 3 is 2.29 bits per heavy atom. The van der Waals surface area contributed by atoms with Gasteiger partial charge in [0.1, 0.15) is 5.75 Å². The van der Waals surface area contributed by atoms with Crippen LogP contribution in [-0.4, -0.2) is 12.5 Å². The van der Waals surface area contributed by atoms with Gasteiger partial charge in [0, 0.05) is 11.1 Å². The third-order valence-corrected chi connectivity index (χ3v) is 4.22. The summed E-state index contributed by atoms with van der Waals surface area (Å²) in [5, 5.41) is 2.61. The van der Waals surface area contributed by atoms with E-state index in [4.69, 9.17) is 4.74 Å². The van der Waals surface area contributed by atoms with Gasteiger partial charge in [0.25, 0.3) is 0 Å². The molecular weight excluding hydrogens is 367 g/mol. The first kappa shape index (κ1) is 21.8. The number of carbonyl (C=O) groups excluding carboxylic acids is 1. The molecule has 0 aliphatic heterocycles. The molecule has 2 aromatic rings. The average Bonchev–Trinajstić information content (AvgIpc) is 2.60. The van der Waals surface area contributed by atoms with Crippen molar-refractivity contribution in [1.82, 2.24) is 0 Å². The van der Waals surface area contributed by atoms with Crippen molar-refractivity contribution in [1.29, 1.82) is 0 Å². The SMILES string of the molecule is CC(C)COc1ccc(NC(=O)C(C)(C)Cc2ccccc2)cc1C(F)(F)F. The van der Waals surface area contributed by atoms with Crippen LogP contribution in [0.4, 0.5) is 18.9 Å². The fraction of sp³-hybridized carbons (Fsp3) is 0.409. The molecule has 0 atom stereocenters. The molecule has 1 N–H and O–H groups in total. The number of halogens is 3. The van der Waals surface area contributed by atoms with Crippen molar-refractivity contribution in [2.24, 2.45) is 11.3 Å². The molecule has 1 amide bonds. The summed E-state index contributed by atoms with van der Waals surface area (Å²) >= 11 is 0. The number of rotatable bonds is 7. The predicted octanol–water partition coefficient (Wildman–Crippen LogP) is 5.95. The predicted molar refractivity (Wildman–Crippen MR) is 104 cm³/mol. The van der Waals surface area contributed by atoms with Crippen molar-refractivity contribution >= 4 is 11.6 Å². The molecule has 0 aliphatic rings. The lowest BCUT2D eigenvalue weighted by Crippen LogP contribution is -2.32. The smallest absolute Gasteiger partial charge is 0.420 e. The van der Waals surface area contributed by atoms with Gasteiger partial charge in [-0.1, -0.05) is 58.0 Å². The molecule has 28 heavy (non-hydrogen) atoms. The Balaban J connectivity index is 2.19. The largest absolute Gasteiger partial charge is 0.493 e. The van der Waals surface area contributed by atoms with E-state index in [1.165, 1.54) is 12.1 Å². The lowest BCUT2D eigenvalue weighted by molar-refractivity contribution is -0.139. The number of amides is 1. The fourth-order valence-electron chi connectivity index (χ4n) is 2.70. The summed E-state index contributed by atoms with van der Waals surface area (Å²) < 4.78 is 45.6. The van der Waals surface area contributed by atoms with Crippen LogP contribution >= 0.6 is 0 Å². The monoisotopic (exact) mass is 393 g/mol. The van der Waals surface area contributed by atoms with Crippen molar-refractivity contribution in [3.05, 3.63) is 59.7 Å². The quantitative estimate of drug-likeness (QED) is 0.631. The molecule has 0 fully saturated rings. The summed E-state index contributed by atoms with van der Waals surface area (Å²) in [6, 6.07) is 13.1. The van der Waals surface area contributed by atoms with Gasteiger partial charge in [-0.15, -0.1) is 0 Å². The molecule has 0 spiro atoms. The zero-order valence-corrected chi connectivity index (χ0v) is 16.6. The summed E-state index contributed by atoms with van der Waals surface area (Å²) in [5.41, 5.74) is -0.606. The topological polar surface area (TPSA) is 38.3 Å². The molecule has 2 rings (SSSR count). The number of hydrogen-bond donors (Lipinski definition) is 1. The molecule has 6 heteroatoms. The van der Waals surface area contributed by atoms with E-state index in [-0.39, 0.29) is 29.9 Å². The highest BCUT2D eigenvalue weighted by atomic mass is 19.4. The average molecular weight is 393 g/mol. The molecule has 3 nitrogen and oxygen atoms in total. The van der Waals surface area contributed by atoms with Crippen molar-refractivity contribution in [2.45, 2.75) is 40.3 Å². The standard InChI is InChI=1S/C22H26F3NO2/c1-15(2)14-28-19-11-10-17(12-18(19)22(23,24)25)26-20(27)21(3,4)13-16-8-6-5-7-9-16/h5-12,15H,13-14H2,1-4H3,(H,26,27).